The van der Waals surface area contributed by atoms with Crippen molar-refractivity contribution in [3.05, 3.63) is 47.8 Å². The van der Waals surface area contributed by atoms with E-state index in [0.717, 1.165) is 29.1 Å². The fourth-order valence-corrected chi connectivity index (χ4v) is 3.91. The van der Waals surface area contributed by atoms with E-state index in [1.54, 1.807) is 12.3 Å². The molecule has 1 aromatic heterocycles. The summed E-state index contributed by atoms with van der Waals surface area (Å²) in [6.45, 7) is 1.99. The number of nitrogens with zero attached hydrogens (tertiary/aromatic N) is 1. The van der Waals surface area contributed by atoms with E-state index in [4.69, 9.17) is 0 Å². The zero-order valence-corrected chi connectivity index (χ0v) is 15.6. The van der Waals surface area contributed by atoms with Crippen molar-refractivity contribution < 1.29 is 18.0 Å². The van der Waals surface area contributed by atoms with Crippen molar-refractivity contribution in [2.75, 3.05) is 11.1 Å². The Kier molecular flexibility index (Phi) is 5.82. The van der Waals surface area contributed by atoms with E-state index in [-0.39, 0.29) is 16.7 Å². The summed E-state index contributed by atoms with van der Waals surface area (Å²) in [4.78, 5) is 17.7. The van der Waals surface area contributed by atoms with Gasteiger partial charge in [-0.05, 0) is 66.1 Å². The van der Waals surface area contributed by atoms with Crippen molar-refractivity contribution in [1.82, 2.24) is 4.98 Å². The van der Waals surface area contributed by atoms with Gasteiger partial charge in [0.2, 0.25) is 0 Å². The molecule has 3 rings (SSSR count). The monoisotopic (exact) mass is 398 g/mol. The highest BCUT2D eigenvalue weighted by Gasteiger charge is 2.29. The van der Waals surface area contributed by atoms with Crippen LogP contribution in [0.2, 0.25) is 0 Å². The predicted molar refractivity (Wildman–Crippen MR) is 98.9 cm³/mol. The second-order valence-electron chi connectivity index (χ2n) is 5.85. The summed E-state index contributed by atoms with van der Waals surface area (Å²) in [5, 5.41) is 2.65. The summed E-state index contributed by atoms with van der Waals surface area (Å²) >= 11 is 1.33. The number of hydrogen-bond acceptors (Lipinski definition) is 4. The Hall–Kier alpha value is -1.67. The number of hydrogen-bond donors (Lipinski definition) is 1. The molecule has 0 spiro atoms. The molecule has 0 bridgehead atoms. The quantitative estimate of drug-likeness (QED) is 0.612. The highest BCUT2D eigenvalue weighted by molar-refractivity contribution is 8.00. The molecule has 3 nitrogen and oxygen atoms in total. The van der Waals surface area contributed by atoms with Crippen LogP contribution in [0.25, 0.3) is 0 Å². The SMILES string of the molecule is CCSc1cc(C2CC2)cnc1C(=O)Nc1cccc(SC(F)(F)F)c1. The Bertz CT molecular complexity index is 807. The molecular weight excluding hydrogens is 381 g/mol. The van der Waals surface area contributed by atoms with Gasteiger partial charge in [0, 0.05) is 21.7 Å². The van der Waals surface area contributed by atoms with Gasteiger partial charge in [0.25, 0.3) is 5.91 Å². The van der Waals surface area contributed by atoms with Crippen LogP contribution in [0.15, 0.2) is 46.3 Å². The van der Waals surface area contributed by atoms with Crippen LogP contribution in [0, 0.1) is 0 Å². The summed E-state index contributed by atoms with van der Waals surface area (Å²) < 4.78 is 37.5. The van der Waals surface area contributed by atoms with E-state index in [9.17, 15) is 18.0 Å². The van der Waals surface area contributed by atoms with E-state index >= 15 is 0 Å². The number of aromatic nitrogens is 1. The largest absolute Gasteiger partial charge is 0.446 e. The number of carbonyl (C=O) groups is 1. The minimum atomic E-state index is -4.37. The van der Waals surface area contributed by atoms with Crippen LogP contribution in [0.3, 0.4) is 0 Å². The van der Waals surface area contributed by atoms with Crippen molar-refractivity contribution in [3.8, 4) is 0 Å². The Labute approximate surface area is 158 Å². The third kappa shape index (κ3) is 5.17. The van der Waals surface area contributed by atoms with Crippen LogP contribution in [-0.4, -0.2) is 22.2 Å². The van der Waals surface area contributed by atoms with Gasteiger partial charge in [0.05, 0.1) is 0 Å². The molecule has 0 unspecified atom stereocenters. The summed E-state index contributed by atoms with van der Waals surface area (Å²) in [6, 6.07) is 7.71. The standard InChI is InChI=1S/C18H17F3N2OS2/c1-2-25-15-8-12(11-6-7-11)10-22-16(15)17(24)23-13-4-3-5-14(9-13)26-18(19,20)21/h3-5,8-11H,2,6-7H2,1H3,(H,23,24). The lowest BCUT2D eigenvalue weighted by Gasteiger charge is -2.11. The lowest BCUT2D eigenvalue weighted by atomic mass is 10.1. The van der Waals surface area contributed by atoms with Crippen molar-refractivity contribution >= 4 is 35.1 Å². The number of halogens is 3. The third-order valence-electron chi connectivity index (χ3n) is 3.76. The molecule has 2 aromatic rings. The van der Waals surface area contributed by atoms with Crippen molar-refractivity contribution in [2.24, 2.45) is 0 Å². The molecule has 1 aliphatic carbocycles. The molecule has 0 saturated heterocycles. The number of thioether (sulfide) groups is 2. The molecule has 0 atom stereocenters. The van der Waals surface area contributed by atoms with Gasteiger partial charge in [-0.1, -0.05) is 13.0 Å². The highest BCUT2D eigenvalue weighted by Crippen LogP contribution is 2.41. The average Bonchev–Trinajstić information content (AvgIpc) is 3.38. The smallest absolute Gasteiger partial charge is 0.321 e. The van der Waals surface area contributed by atoms with Gasteiger partial charge < -0.3 is 5.32 Å². The Morgan fingerprint density at radius 1 is 1.31 bits per heavy atom. The first-order chi connectivity index (χ1) is 12.4. The maximum Gasteiger partial charge on any atom is 0.446 e. The minimum Gasteiger partial charge on any atom is -0.321 e. The Morgan fingerprint density at radius 2 is 2.08 bits per heavy atom. The van der Waals surface area contributed by atoms with Crippen LogP contribution in [0.1, 0.15) is 41.7 Å². The zero-order valence-electron chi connectivity index (χ0n) is 14.0. The fraction of sp³-hybridized carbons (Fsp3) is 0.333. The molecule has 26 heavy (non-hydrogen) atoms. The van der Waals surface area contributed by atoms with E-state index in [2.05, 4.69) is 10.3 Å². The van der Waals surface area contributed by atoms with Gasteiger partial charge >= 0.3 is 5.51 Å². The predicted octanol–water partition coefficient (Wildman–Crippen LogP) is 5.94. The first-order valence-corrected chi connectivity index (χ1v) is 9.96. The Morgan fingerprint density at radius 3 is 2.73 bits per heavy atom. The molecule has 0 radical (unpaired) electrons. The molecule has 0 aliphatic heterocycles. The van der Waals surface area contributed by atoms with Crippen LogP contribution >= 0.6 is 23.5 Å². The molecule has 1 fully saturated rings. The van der Waals surface area contributed by atoms with Crippen LogP contribution in [0.4, 0.5) is 18.9 Å². The summed E-state index contributed by atoms with van der Waals surface area (Å²) in [7, 11) is 0. The first kappa shape index (κ1) is 19.1. The molecule has 138 valence electrons. The van der Waals surface area contributed by atoms with Gasteiger partial charge in [-0.15, -0.1) is 11.8 Å². The first-order valence-electron chi connectivity index (χ1n) is 8.15. The van der Waals surface area contributed by atoms with Crippen molar-refractivity contribution in [2.45, 2.75) is 41.0 Å². The number of carbonyl (C=O) groups excluding carboxylic acids is 1. The van der Waals surface area contributed by atoms with Crippen molar-refractivity contribution in [3.63, 3.8) is 0 Å². The second kappa shape index (κ2) is 7.92. The molecule has 1 heterocycles. The van der Waals surface area contributed by atoms with Crippen LogP contribution < -0.4 is 5.32 Å². The van der Waals surface area contributed by atoms with Gasteiger partial charge in [-0.2, -0.15) is 13.2 Å². The fourth-order valence-electron chi connectivity index (χ4n) is 2.50. The number of alkyl halides is 3. The average molecular weight is 398 g/mol. The summed E-state index contributed by atoms with van der Waals surface area (Å²) in [5.74, 6) is 0.915. The van der Waals surface area contributed by atoms with Gasteiger partial charge in [-0.25, -0.2) is 4.98 Å². The third-order valence-corrected chi connectivity index (χ3v) is 5.39. The summed E-state index contributed by atoms with van der Waals surface area (Å²) in [5.41, 5.74) is -2.62. The topological polar surface area (TPSA) is 42.0 Å². The molecule has 8 heteroatoms. The molecule has 1 aromatic carbocycles. The van der Waals surface area contributed by atoms with Gasteiger partial charge in [-0.3, -0.25) is 4.79 Å². The second-order valence-corrected chi connectivity index (χ2v) is 8.30. The number of amides is 1. The van der Waals surface area contributed by atoms with Gasteiger partial charge in [0.1, 0.15) is 5.69 Å². The maximum atomic E-state index is 12.6. The van der Waals surface area contributed by atoms with Crippen molar-refractivity contribution in [1.29, 1.82) is 0 Å². The number of nitrogens with one attached hydrogen (secondary N) is 1. The number of benzene rings is 1. The Balaban J connectivity index is 1.78. The van der Waals surface area contributed by atoms with E-state index in [1.807, 2.05) is 13.0 Å². The molecule has 1 N–H and O–H groups in total. The van der Waals surface area contributed by atoms with E-state index in [1.165, 1.54) is 30.0 Å². The van der Waals surface area contributed by atoms with E-state index < -0.39 is 11.4 Å². The molecule has 1 aliphatic rings. The number of rotatable bonds is 6. The number of anilines is 1. The minimum absolute atomic E-state index is 0.0236. The molecule has 1 saturated carbocycles. The highest BCUT2D eigenvalue weighted by atomic mass is 32.2. The van der Waals surface area contributed by atoms with Gasteiger partial charge in [0.15, 0.2) is 0 Å². The lowest BCUT2D eigenvalue weighted by molar-refractivity contribution is -0.0328. The van der Waals surface area contributed by atoms with Crippen LogP contribution in [0.5, 0.6) is 0 Å². The normalized spacial score (nSPS) is 14.3. The number of pyridine rings is 1. The summed E-state index contributed by atoms with van der Waals surface area (Å²) in [6.07, 6.45) is 4.02. The van der Waals surface area contributed by atoms with E-state index in [0.29, 0.717) is 17.3 Å². The van der Waals surface area contributed by atoms with Crippen LogP contribution in [-0.2, 0) is 0 Å². The zero-order chi connectivity index (χ0) is 18.7. The molecule has 1 amide bonds. The lowest BCUT2D eigenvalue weighted by Crippen LogP contribution is -2.15. The molecular formula is C18H17F3N2OS2. The maximum absolute atomic E-state index is 12.6.